The van der Waals surface area contributed by atoms with E-state index in [1.165, 1.54) is 12.3 Å². The van der Waals surface area contributed by atoms with Gasteiger partial charge in [0.05, 0.1) is 17.4 Å². The van der Waals surface area contributed by atoms with Crippen molar-refractivity contribution in [2.24, 2.45) is 5.92 Å². The summed E-state index contributed by atoms with van der Waals surface area (Å²) in [4.78, 5) is 34.6. The highest BCUT2D eigenvalue weighted by Crippen LogP contribution is 2.29. The Kier molecular flexibility index (Phi) is 7.93. The van der Waals surface area contributed by atoms with Crippen molar-refractivity contribution in [1.82, 2.24) is 20.6 Å². The topological polar surface area (TPSA) is 96.0 Å². The van der Waals surface area contributed by atoms with Crippen molar-refractivity contribution in [2.75, 3.05) is 5.32 Å². The van der Waals surface area contributed by atoms with Gasteiger partial charge < -0.3 is 16.0 Å². The number of pyridine rings is 2. The molecule has 1 unspecified atom stereocenters. The smallest absolute Gasteiger partial charge is 0.252 e. The SMILES string of the molecule is CC(C)(NC(=O)C(CC1CCCC1)NC(=O)c1cccc(Nc2ccncc2F)c1)c1cccnc1. The summed E-state index contributed by atoms with van der Waals surface area (Å²) in [7, 11) is 0. The number of anilines is 2. The quantitative estimate of drug-likeness (QED) is 0.389. The average Bonchev–Trinajstić information content (AvgIpc) is 3.39. The summed E-state index contributed by atoms with van der Waals surface area (Å²) in [5.41, 5.74) is 1.43. The highest BCUT2D eigenvalue weighted by atomic mass is 19.1. The zero-order valence-corrected chi connectivity index (χ0v) is 20.6. The van der Waals surface area contributed by atoms with Crippen molar-refractivity contribution in [1.29, 1.82) is 0 Å². The van der Waals surface area contributed by atoms with E-state index in [-0.39, 0.29) is 17.5 Å². The molecule has 0 spiro atoms. The molecule has 1 aromatic carbocycles. The van der Waals surface area contributed by atoms with Crippen LogP contribution in [-0.4, -0.2) is 27.8 Å². The van der Waals surface area contributed by atoms with Crippen LogP contribution in [-0.2, 0) is 10.3 Å². The number of aromatic nitrogens is 2. The van der Waals surface area contributed by atoms with Crippen LogP contribution < -0.4 is 16.0 Å². The van der Waals surface area contributed by atoms with Gasteiger partial charge in [0.25, 0.3) is 5.91 Å². The lowest BCUT2D eigenvalue weighted by Gasteiger charge is -2.30. The van der Waals surface area contributed by atoms with E-state index in [0.717, 1.165) is 37.4 Å². The largest absolute Gasteiger partial charge is 0.353 e. The van der Waals surface area contributed by atoms with Crippen molar-refractivity contribution in [3.05, 3.63) is 84.2 Å². The van der Waals surface area contributed by atoms with Gasteiger partial charge in [0, 0.05) is 29.8 Å². The predicted octanol–water partition coefficient (Wildman–Crippen LogP) is 5.09. The Labute approximate surface area is 210 Å². The van der Waals surface area contributed by atoms with E-state index in [0.29, 0.717) is 23.6 Å². The van der Waals surface area contributed by atoms with Gasteiger partial charge in [-0.3, -0.25) is 19.6 Å². The van der Waals surface area contributed by atoms with Crippen LogP contribution in [0.1, 0.15) is 61.9 Å². The van der Waals surface area contributed by atoms with Gasteiger partial charge in [-0.2, -0.15) is 0 Å². The van der Waals surface area contributed by atoms with Crippen LogP contribution in [0.4, 0.5) is 15.8 Å². The average molecular weight is 490 g/mol. The molecular weight excluding hydrogens is 457 g/mol. The number of amides is 2. The molecule has 1 aliphatic rings. The molecule has 0 saturated heterocycles. The van der Waals surface area contributed by atoms with Crippen LogP contribution in [0.2, 0.25) is 0 Å². The first-order valence-electron chi connectivity index (χ1n) is 12.3. The summed E-state index contributed by atoms with van der Waals surface area (Å²) in [6.07, 6.45) is 11.0. The minimum atomic E-state index is -0.675. The Balaban J connectivity index is 1.49. The molecule has 2 heterocycles. The van der Waals surface area contributed by atoms with E-state index in [2.05, 4.69) is 25.9 Å². The second-order valence-corrected chi connectivity index (χ2v) is 9.83. The summed E-state index contributed by atoms with van der Waals surface area (Å²) < 4.78 is 14.0. The van der Waals surface area contributed by atoms with Crippen LogP contribution in [0.25, 0.3) is 0 Å². The zero-order valence-electron chi connectivity index (χ0n) is 20.6. The summed E-state index contributed by atoms with van der Waals surface area (Å²) in [6, 6.07) is 11.4. The Morgan fingerprint density at radius 3 is 2.56 bits per heavy atom. The molecule has 2 aromatic heterocycles. The fourth-order valence-corrected chi connectivity index (χ4v) is 4.62. The number of carbonyl (C=O) groups excluding carboxylic acids is 2. The first kappa shape index (κ1) is 25.3. The van der Waals surface area contributed by atoms with Crippen LogP contribution in [0.15, 0.2) is 67.3 Å². The van der Waals surface area contributed by atoms with Crippen molar-refractivity contribution in [3.8, 4) is 0 Å². The third kappa shape index (κ3) is 6.44. The maximum Gasteiger partial charge on any atom is 0.252 e. The van der Waals surface area contributed by atoms with Gasteiger partial charge >= 0.3 is 0 Å². The molecule has 188 valence electrons. The molecule has 1 atom stereocenters. The third-order valence-electron chi connectivity index (χ3n) is 6.66. The van der Waals surface area contributed by atoms with Gasteiger partial charge in [0.2, 0.25) is 5.91 Å². The predicted molar refractivity (Wildman–Crippen MR) is 137 cm³/mol. The lowest BCUT2D eigenvalue weighted by atomic mass is 9.93. The number of hydrogen-bond acceptors (Lipinski definition) is 5. The second kappa shape index (κ2) is 11.3. The molecule has 0 bridgehead atoms. The van der Waals surface area contributed by atoms with E-state index in [1.807, 2.05) is 26.0 Å². The fraction of sp³-hybridized carbons (Fsp3) is 0.357. The normalized spacial score (nSPS) is 14.8. The van der Waals surface area contributed by atoms with E-state index >= 15 is 0 Å². The first-order valence-corrected chi connectivity index (χ1v) is 12.3. The first-order chi connectivity index (χ1) is 17.3. The Hall–Kier alpha value is -3.81. The molecule has 2 amide bonds. The minimum Gasteiger partial charge on any atom is -0.353 e. The van der Waals surface area contributed by atoms with Gasteiger partial charge in [-0.1, -0.05) is 37.8 Å². The molecule has 36 heavy (non-hydrogen) atoms. The summed E-state index contributed by atoms with van der Waals surface area (Å²) in [5, 5.41) is 9.03. The van der Waals surface area contributed by atoms with Gasteiger partial charge in [-0.05, 0) is 62.1 Å². The molecule has 0 radical (unpaired) electrons. The van der Waals surface area contributed by atoms with Crippen molar-refractivity contribution in [2.45, 2.75) is 57.5 Å². The van der Waals surface area contributed by atoms with Crippen molar-refractivity contribution < 1.29 is 14.0 Å². The van der Waals surface area contributed by atoms with Crippen LogP contribution in [0, 0.1) is 11.7 Å². The monoisotopic (exact) mass is 489 g/mol. The number of halogens is 1. The van der Waals surface area contributed by atoms with Gasteiger partial charge in [0.15, 0.2) is 5.82 Å². The highest BCUT2D eigenvalue weighted by molar-refractivity contribution is 5.98. The Morgan fingerprint density at radius 1 is 1.06 bits per heavy atom. The van der Waals surface area contributed by atoms with Crippen LogP contribution >= 0.6 is 0 Å². The fourth-order valence-electron chi connectivity index (χ4n) is 4.62. The number of nitrogens with one attached hydrogen (secondary N) is 3. The molecule has 8 heteroatoms. The molecule has 3 N–H and O–H groups in total. The van der Waals surface area contributed by atoms with Crippen LogP contribution in [0.5, 0.6) is 0 Å². The molecule has 4 rings (SSSR count). The molecule has 3 aromatic rings. The number of hydrogen-bond donors (Lipinski definition) is 3. The Bertz CT molecular complexity index is 1200. The standard InChI is InChI=1S/C28H32FN5O2/c1-28(2,21-10-6-13-30-17-21)34-27(36)25(15-19-7-3-4-8-19)33-26(35)20-9-5-11-22(16-20)32-24-12-14-31-18-23(24)29/h5-6,9-14,16-19,25H,3-4,7-8,15H2,1-2H3,(H,31,32)(H,33,35)(H,34,36). The molecular formula is C28H32FN5O2. The number of benzene rings is 1. The number of rotatable bonds is 9. The lowest BCUT2D eigenvalue weighted by Crippen LogP contribution is -2.52. The van der Waals surface area contributed by atoms with E-state index in [4.69, 9.17) is 0 Å². The van der Waals surface area contributed by atoms with E-state index < -0.39 is 17.4 Å². The summed E-state index contributed by atoms with van der Waals surface area (Å²) in [5.74, 6) is -0.675. The third-order valence-corrected chi connectivity index (χ3v) is 6.66. The Morgan fingerprint density at radius 2 is 1.83 bits per heavy atom. The molecule has 1 saturated carbocycles. The van der Waals surface area contributed by atoms with Gasteiger partial charge in [0.1, 0.15) is 6.04 Å². The van der Waals surface area contributed by atoms with E-state index in [1.54, 1.807) is 36.7 Å². The number of carbonyl (C=O) groups is 2. The number of nitrogens with zero attached hydrogens (tertiary/aromatic N) is 2. The van der Waals surface area contributed by atoms with E-state index in [9.17, 15) is 14.0 Å². The lowest BCUT2D eigenvalue weighted by molar-refractivity contribution is -0.125. The second-order valence-electron chi connectivity index (χ2n) is 9.83. The summed E-state index contributed by atoms with van der Waals surface area (Å²) in [6.45, 7) is 3.84. The molecule has 7 nitrogen and oxygen atoms in total. The van der Waals surface area contributed by atoms with Crippen molar-refractivity contribution in [3.63, 3.8) is 0 Å². The van der Waals surface area contributed by atoms with Gasteiger partial charge in [-0.15, -0.1) is 0 Å². The van der Waals surface area contributed by atoms with Crippen molar-refractivity contribution >= 4 is 23.2 Å². The molecule has 1 fully saturated rings. The maximum atomic E-state index is 14.0. The molecule has 0 aliphatic heterocycles. The zero-order chi connectivity index (χ0) is 25.5. The summed E-state index contributed by atoms with van der Waals surface area (Å²) >= 11 is 0. The molecule has 1 aliphatic carbocycles. The maximum absolute atomic E-state index is 14.0. The minimum absolute atomic E-state index is 0.225. The van der Waals surface area contributed by atoms with Gasteiger partial charge in [-0.25, -0.2) is 4.39 Å². The highest BCUT2D eigenvalue weighted by Gasteiger charge is 2.31. The van der Waals surface area contributed by atoms with Crippen LogP contribution in [0.3, 0.4) is 0 Å².